The Morgan fingerprint density at radius 1 is 1.03 bits per heavy atom. The second kappa shape index (κ2) is 11.4. The monoisotopic (exact) mass is 540 g/mol. The Morgan fingerprint density at radius 2 is 1.71 bits per heavy atom. The second-order valence-corrected chi connectivity index (χ2v) is 8.83. The van der Waals surface area contributed by atoms with Gasteiger partial charge in [0.05, 0.1) is 48.4 Å². The van der Waals surface area contributed by atoms with Crippen LogP contribution in [0.5, 0.6) is 17.2 Å². The average molecular weight is 541 g/mol. The highest BCUT2D eigenvalue weighted by Gasteiger charge is 2.34. The van der Waals surface area contributed by atoms with E-state index < -0.39 is 22.8 Å². The molecule has 3 aromatic carbocycles. The van der Waals surface area contributed by atoms with Gasteiger partial charge in [0.1, 0.15) is 12.4 Å². The number of hydrogen-bond acceptors (Lipinski definition) is 8. The van der Waals surface area contributed by atoms with Crippen molar-refractivity contribution in [3.63, 3.8) is 0 Å². The summed E-state index contributed by atoms with van der Waals surface area (Å²) in [6.07, 6.45) is 0.512. The summed E-state index contributed by atoms with van der Waals surface area (Å²) >= 11 is 6.30. The minimum absolute atomic E-state index is 0.0252. The number of hydrogen-bond donors (Lipinski definition) is 0. The Morgan fingerprint density at radius 3 is 2.34 bits per heavy atom. The lowest BCUT2D eigenvalue weighted by Gasteiger charge is -2.37. The van der Waals surface area contributed by atoms with Gasteiger partial charge in [-0.25, -0.2) is 4.79 Å². The first-order chi connectivity index (χ1) is 18.3. The summed E-state index contributed by atoms with van der Waals surface area (Å²) in [4.78, 5) is 37.8. The van der Waals surface area contributed by atoms with Crippen LogP contribution in [0.15, 0.2) is 54.6 Å². The number of carbonyl (C=O) groups is 2. The van der Waals surface area contributed by atoms with E-state index >= 15 is 0 Å². The maximum absolute atomic E-state index is 13.7. The summed E-state index contributed by atoms with van der Waals surface area (Å²) in [7, 11) is 4.37. The molecular weight excluding hydrogens is 516 g/mol. The van der Waals surface area contributed by atoms with E-state index in [4.69, 9.17) is 30.5 Å². The zero-order valence-corrected chi connectivity index (χ0v) is 21.7. The van der Waals surface area contributed by atoms with Crippen LogP contribution in [0, 0.1) is 10.1 Å². The van der Waals surface area contributed by atoms with E-state index in [9.17, 15) is 19.7 Å². The molecule has 0 bridgehead atoms. The largest absolute Gasteiger partial charge is 0.493 e. The lowest BCUT2D eigenvalue weighted by molar-refractivity contribution is -0.384. The quantitative estimate of drug-likeness (QED) is 0.225. The highest BCUT2D eigenvalue weighted by atomic mass is 35.5. The van der Waals surface area contributed by atoms with Crippen LogP contribution in [0.4, 0.5) is 5.69 Å². The Labute approximate surface area is 223 Å². The van der Waals surface area contributed by atoms with Crippen molar-refractivity contribution in [2.45, 2.75) is 12.5 Å². The zero-order chi connectivity index (χ0) is 27.4. The third-order valence-electron chi connectivity index (χ3n) is 6.34. The summed E-state index contributed by atoms with van der Waals surface area (Å²) < 4.78 is 21.7. The molecule has 11 heteroatoms. The highest BCUT2D eigenvalue weighted by Crippen LogP contribution is 2.39. The third kappa shape index (κ3) is 5.35. The van der Waals surface area contributed by atoms with Gasteiger partial charge in [-0.15, -0.1) is 0 Å². The van der Waals surface area contributed by atoms with Gasteiger partial charge in [-0.05, 0) is 60.0 Å². The van der Waals surface area contributed by atoms with Crippen molar-refractivity contribution in [3.8, 4) is 17.2 Å². The normalized spacial score (nSPS) is 14.3. The molecule has 1 atom stereocenters. The number of carbonyl (C=O) groups excluding carboxylic acids is 2. The van der Waals surface area contributed by atoms with Crippen molar-refractivity contribution < 1.29 is 33.5 Å². The maximum Gasteiger partial charge on any atom is 0.337 e. The van der Waals surface area contributed by atoms with Crippen LogP contribution in [0.1, 0.15) is 37.9 Å². The number of methoxy groups -OCH3 is 3. The topological polar surface area (TPSA) is 117 Å². The number of fused-ring (bicyclic) bond motifs is 1. The van der Waals surface area contributed by atoms with Gasteiger partial charge < -0.3 is 23.8 Å². The van der Waals surface area contributed by atoms with Gasteiger partial charge in [0.25, 0.3) is 11.6 Å². The second-order valence-electron chi connectivity index (χ2n) is 8.42. The van der Waals surface area contributed by atoms with Crippen molar-refractivity contribution in [1.29, 1.82) is 0 Å². The summed E-state index contributed by atoms with van der Waals surface area (Å²) in [5, 5.41) is 11.4. The van der Waals surface area contributed by atoms with Crippen LogP contribution in [0.25, 0.3) is 0 Å². The molecule has 0 saturated carbocycles. The molecule has 4 rings (SSSR count). The molecule has 0 spiro atoms. The van der Waals surface area contributed by atoms with E-state index in [0.717, 1.165) is 11.1 Å². The third-order valence-corrected chi connectivity index (χ3v) is 6.67. The fraction of sp³-hybridized carbons (Fsp3) is 0.259. The van der Waals surface area contributed by atoms with Gasteiger partial charge in [-0.1, -0.05) is 11.6 Å². The molecule has 198 valence electrons. The van der Waals surface area contributed by atoms with Crippen LogP contribution < -0.4 is 14.2 Å². The van der Waals surface area contributed by atoms with Crippen molar-refractivity contribution in [3.05, 3.63) is 92.0 Å². The van der Waals surface area contributed by atoms with Crippen LogP contribution in [-0.4, -0.2) is 56.2 Å². The van der Waals surface area contributed by atoms with Gasteiger partial charge in [-0.3, -0.25) is 14.9 Å². The lowest BCUT2D eigenvalue weighted by atomic mass is 9.91. The van der Waals surface area contributed by atoms with Gasteiger partial charge >= 0.3 is 5.97 Å². The Balaban J connectivity index is 1.71. The summed E-state index contributed by atoms with van der Waals surface area (Å²) in [6, 6.07) is 13.3. The molecule has 1 amide bonds. The van der Waals surface area contributed by atoms with Crippen LogP contribution in [0.3, 0.4) is 0 Å². The molecule has 1 aliphatic rings. The van der Waals surface area contributed by atoms with Gasteiger partial charge in [0.2, 0.25) is 0 Å². The standard InChI is InChI=1S/C27H25ClN2O8/c1-35-24-12-17-10-11-29(26(31)21-13-18(30(33)34)6-9-22(21)28)23(20(17)14-25(24)36-2)15-38-19-7-4-16(5-8-19)27(32)37-3/h4-9,12-14,23H,10-11,15H2,1-3H3/t23-/m1/s1. The number of non-ortho nitro benzene ring substituents is 1. The number of nitro benzene ring substituents is 1. The fourth-order valence-electron chi connectivity index (χ4n) is 4.38. The number of nitrogens with zero attached hydrogens (tertiary/aromatic N) is 2. The molecule has 0 fully saturated rings. The summed E-state index contributed by atoms with van der Waals surface area (Å²) in [5.41, 5.74) is 1.90. The molecule has 3 aromatic rings. The Kier molecular flexibility index (Phi) is 8.02. The fourth-order valence-corrected chi connectivity index (χ4v) is 4.58. The molecule has 1 aliphatic heterocycles. The van der Waals surface area contributed by atoms with Crippen LogP contribution in [0.2, 0.25) is 5.02 Å². The van der Waals surface area contributed by atoms with Crippen molar-refractivity contribution in [1.82, 2.24) is 4.90 Å². The van der Waals surface area contributed by atoms with Crippen molar-refractivity contribution >= 4 is 29.2 Å². The van der Waals surface area contributed by atoms with E-state index in [1.165, 1.54) is 32.4 Å². The first kappa shape index (κ1) is 26.7. The van der Waals surface area contributed by atoms with E-state index in [0.29, 0.717) is 35.8 Å². The molecule has 1 heterocycles. The van der Waals surface area contributed by atoms with Gasteiger partial charge in [0, 0.05) is 18.7 Å². The molecular formula is C27H25ClN2O8. The first-order valence-corrected chi connectivity index (χ1v) is 12.0. The lowest BCUT2D eigenvalue weighted by Crippen LogP contribution is -2.42. The minimum Gasteiger partial charge on any atom is -0.493 e. The predicted octanol–water partition coefficient (Wildman–Crippen LogP) is 4.87. The number of esters is 1. The Bertz CT molecular complexity index is 1380. The number of halogens is 1. The SMILES string of the molecule is COC(=O)c1ccc(OC[C@@H]2c3cc(OC)c(OC)cc3CCN2C(=O)c2cc([N+](=O)[O-])ccc2Cl)cc1. The van der Waals surface area contributed by atoms with E-state index in [2.05, 4.69) is 0 Å². The molecule has 0 radical (unpaired) electrons. The minimum atomic E-state index is -0.582. The Hall–Kier alpha value is -4.31. The maximum atomic E-state index is 13.7. The van der Waals surface area contributed by atoms with E-state index in [1.807, 2.05) is 6.07 Å². The molecule has 0 saturated heterocycles. The number of nitro groups is 1. The first-order valence-electron chi connectivity index (χ1n) is 11.6. The summed E-state index contributed by atoms with van der Waals surface area (Å²) in [5.74, 6) is 0.594. The number of benzene rings is 3. The molecule has 38 heavy (non-hydrogen) atoms. The number of ether oxygens (including phenoxy) is 4. The summed E-state index contributed by atoms with van der Waals surface area (Å²) in [6.45, 7) is 0.369. The highest BCUT2D eigenvalue weighted by molar-refractivity contribution is 6.34. The molecule has 0 unspecified atom stereocenters. The predicted molar refractivity (Wildman–Crippen MR) is 138 cm³/mol. The van der Waals surface area contributed by atoms with Crippen LogP contribution >= 0.6 is 11.6 Å². The molecule has 0 aromatic heterocycles. The smallest absolute Gasteiger partial charge is 0.337 e. The van der Waals surface area contributed by atoms with Crippen molar-refractivity contribution in [2.75, 3.05) is 34.5 Å². The van der Waals surface area contributed by atoms with Crippen LogP contribution in [-0.2, 0) is 11.2 Å². The van der Waals surface area contributed by atoms with Gasteiger partial charge in [-0.2, -0.15) is 0 Å². The number of rotatable bonds is 8. The van der Waals surface area contributed by atoms with Crippen molar-refractivity contribution in [2.24, 2.45) is 0 Å². The molecule has 10 nitrogen and oxygen atoms in total. The molecule has 0 aliphatic carbocycles. The number of amides is 1. The van der Waals surface area contributed by atoms with E-state index in [-0.39, 0.29) is 22.9 Å². The average Bonchev–Trinajstić information content (AvgIpc) is 2.94. The molecule has 0 N–H and O–H groups in total. The van der Waals surface area contributed by atoms with E-state index in [1.54, 1.807) is 42.3 Å². The van der Waals surface area contributed by atoms with Gasteiger partial charge in [0.15, 0.2) is 11.5 Å². The zero-order valence-electron chi connectivity index (χ0n) is 20.9.